The van der Waals surface area contributed by atoms with Crippen molar-refractivity contribution in [2.75, 3.05) is 20.6 Å². The third-order valence-electron chi connectivity index (χ3n) is 5.00. The lowest BCUT2D eigenvalue weighted by atomic mass is 9.83. The average molecular weight is 353 g/mol. The molecule has 1 N–H and O–H groups in total. The molecule has 1 atom stereocenters. The monoisotopic (exact) mass is 352 g/mol. The average Bonchev–Trinajstić information content (AvgIpc) is 2.96. The number of hydrogen-bond donors (Lipinski definition) is 1. The fourth-order valence-corrected chi connectivity index (χ4v) is 3.99. The fourth-order valence-electron chi connectivity index (χ4n) is 3.72. The first kappa shape index (κ1) is 17.0. The molecule has 2 nitrogen and oxygen atoms in total. The van der Waals surface area contributed by atoms with Gasteiger partial charge in [0.1, 0.15) is 0 Å². The van der Waals surface area contributed by atoms with Gasteiger partial charge in [-0.3, -0.25) is 0 Å². The van der Waals surface area contributed by atoms with Gasteiger partial charge < -0.3 is 10.2 Å². The van der Waals surface area contributed by atoms with Crippen molar-refractivity contribution >= 4 is 15.9 Å². The van der Waals surface area contributed by atoms with Crippen molar-refractivity contribution in [3.63, 3.8) is 0 Å². The Morgan fingerprint density at radius 3 is 2.33 bits per heavy atom. The topological polar surface area (TPSA) is 15.3 Å². The molecular formula is C18H29BrN2. The summed E-state index contributed by atoms with van der Waals surface area (Å²) in [7, 11) is 4.51. The second kappa shape index (κ2) is 7.75. The minimum Gasteiger partial charge on any atom is -0.312 e. The van der Waals surface area contributed by atoms with Crippen molar-refractivity contribution in [2.24, 2.45) is 0 Å². The zero-order valence-corrected chi connectivity index (χ0v) is 15.2. The Morgan fingerprint density at radius 1 is 1.19 bits per heavy atom. The van der Waals surface area contributed by atoms with E-state index in [-0.39, 0.29) is 0 Å². The highest BCUT2D eigenvalue weighted by atomic mass is 79.9. The zero-order chi connectivity index (χ0) is 15.3. The lowest BCUT2D eigenvalue weighted by Crippen LogP contribution is -2.58. The Kier molecular flexibility index (Phi) is 6.27. The van der Waals surface area contributed by atoms with E-state index in [2.05, 4.69) is 71.4 Å². The Hall–Kier alpha value is -0.380. The predicted molar refractivity (Wildman–Crippen MR) is 94.8 cm³/mol. The molecule has 2 rings (SSSR count). The van der Waals surface area contributed by atoms with E-state index in [1.807, 2.05) is 0 Å². The Morgan fingerprint density at radius 2 is 1.81 bits per heavy atom. The number of rotatable bonds is 7. The van der Waals surface area contributed by atoms with Crippen LogP contribution in [0.1, 0.15) is 44.6 Å². The van der Waals surface area contributed by atoms with Gasteiger partial charge >= 0.3 is 0 Å². The normalized spacial score (nSPS) is 19.1. The summed E-state index contributed by atoms with van der Waals surface area (Å²) in [5.41, 5.74) is 1.75. The molecule has 0 bridgehead atoms. The van der Waals surface area contributed by atoms with E-state index in [9.17, 15) is 0 Å². The molecule has 118 valence electrons. The van der Waals surface area contributed by atoms with E-state index in [1.165, 1.54) is 37.7 Å². The maximum Gasteiger partial charge on any atom is 0.0359 e. The molecule has 0 spiro atoms. The van der Waals surface area contributed by atoms with Gasteiger partial charge in [0.05, 0.1) is 0 Å². The van der Waals surface area contributed by atoms with Gasteiger partial charge in [-0.15, -0.1) is 0 Å². The molecule has 0 heterocycles. The van der Waals surface area contributed by atoms with Crippen LogP contribution in [-0.2, 0) is 6.42 Å². The van der Waals surface area contributed by atoms with Crippen molar-refractivity contribution in [3.05, 3.63) is 34.3 Å². The van der Waals surface area contributed by atoms with E-state index in [1.54, 1.807) is 0 Å². The SMILES string of the molecule is CCCNC(Cc1ccc(Br)cc1)C1(N(C)C)CCCC1. The van der Waals surface area contributed by atoms with Crippen LogP contribution < -0.4 is 5.32 Å². The number of hydrogen-bond acceptors (Lipinski definition) is 2. The highest BCUT2D eigenvalue weighted by Crippen LogP contribution is 2.38. The van der Waals surface area contributed by atoms with Gasteiger partial charge in [-0.2, -0.15) is 0 Å². The van der Waals surface area contributed by atoms with Crippen molar-refractivity contribution < 1.29 is 0 Å². The van der Waals surface area contributed by atoms with Crippen LogP contribution >= 0.6 is 15.9 Å². The summed E-state index contributed by atoms with van der Waals surface area (Å²) in [5.74, 6) is 0. The molecule has 0 radical (unpaired) electrons. The van der Waals surface area contributed by atoms with Crippen molar-refractivity contribution in [3.8, 4) is 0 Å². The molecule has 1 aromatic rings. The second-order valence-electron chi connectivity index (χ2n) is 6.54. The molecule has 1 unspecified atom stereocenters. The van der Waals surface area contributed by atoms with Crippen molar-refractivity contribution in [2.45, 2.75) is 57.0 Å². The molecule has 0 amide bonds. The number of likely N-dealkylation sites (N-methyl/N-ethyl adjacent to an activating group) is 1. The fraction of sp³-hybridized carbons (Fsp3) is 0.667. The first-order chi connectivity index (χ1) is 10.1. The molecule has 0 saturated heterocycles. The first-order valence-corrected chi connectivity index (χ1v) is 9.03. The predicted octanol–water partition coefficient (Wildman–Crippen LogP) is 4.23. The Bertz CT molecular complexity index is 421. The van der Waals surface area contributed by atoms with Crippen LogP contribution in [0.3, 0.4) is 0 Å². The molecule has 21 heavy (non-hydrogen) atoms. The summed E-state index contributed by atoms with van der Waals surface area (Å²) in [6.07, 6.45) is 7.67. The number of halogens is 1. The minimum absolute atomic E-state index is 0.322. The minimum atomic E-state index is 0.322. The maximum atomic E-state index is 3.84. The van der Waals surface area contributed by atoms with E-state index in [4.69, 9.17) is 0 Å². The summed E-state index contributed by atoms with van der Waals surface area (Å²) < 4.78 is 1.16. The molecule has 1 aliphatic rings. The highest BCUT2D eigenvalue weighted by Gasteiger charge is 2.42. The smallest absolute Gasteiger partial charge is 0.0359 e. The molecular weight excluding hydrogens is 324 g/mol. The molecule has 3 heteroatoms. The lowest BCUT2D eigenvalue weighted by molar-refractivity contribution is 0.104. The van der Waals surface area contributed by atoms with Crippen LogP contribution in [-0.4, -0.2) is 37.1 Å². The molecule has 1 aromatic carbocycles. The third-order valence-corrected chi connectivity index (χ3v) is 5.53. The summed E-state index contributed by atoms with van der Waals surface area (Å²) in [6.45, 7) is 3.36. The van der Waals surface area contributed by atoms with Crippen LogP contribution in [0.25, 0.3) is 0 Å². The largest absolute Gasteiger partial charge is 0.312 e. The molecule has 0 aliphatic heterocycles. The van der Waals surface area contributed by atoms with Gasteiger partial charge in [-0.1, -0.05) is 47.8 Å². The first-order valence-electron chi connectivity index (χ1n) is 8.24. The summed E-state index contributed by atoms with van der Waals surface area (Å²) in [6, 6.07) is 9.36. The maximum absolute atomic E-state index is 3.84. The van der Waals surface area contributed by atoms with Crippen LogP contribution in [0, 0.1) is 0 Å². The van der Waals surface area contributed by atoms with Gasteiger partial charge in [0.15, 0.2) is 0 Å². The van der Waals surface area contributed by atoms with Crippen LogP contribution in [0.2, 0.25) is 0 Å². The summed E-state index contributed by atoms with van der Waals surface area (Å²) in [5, 5.41) is 3.84. The zero-order valence-electron chi connectivity index (χ0n) is 13.7. The standard InChI is InChI=1S/C18H29BrN2/c1-4-13-20-17(14-15-7-9-16(19)10-8-15)18(21(2)3)11-5-6-12-18/h7-10,17,20H,4-6,11-14H2,1-3H3. The Balaban J connectivity index is 2.18. The van der Waals surface area contributed by atoms with Crippen molar-refractivity contribution in [1.82, 2.24) is 10.2 Å². The van der Waals surface area contributed by atoms with Gasteiger partial charge in [0, 0.05) is 16.1 Å². The summed E-state index contributed by atoms with van der Waals surface area (Å²) >= 11 is 3.53. The number of nitrogens with zero attached hydrogens (tertiary/aromatic N) is 1. The van der Waals surface area contributed by atoms with E-state index < -0.39 is 0 Å². The Labute approximate surface area is 138 Å². The number of benzene rings is 1. The van der Waals surface area contributed by atoms with E-state index in [0.29, 0.717) is 11.6 Å². The number of nitrogens with one attached hydrogen (secondary N) is 1. The second-order valence-corrected chi connectivity index (χ2v) is 7.46. The third kappa shape index (κ3) is 4.08. The van der Waals surface area contributed by atoms with Gasteiger partial charge in [0.2, 0.25) is 0 Å². The van der Waals surface area contributed by atoms with Crippen LogP contribution in [0.15, 0.2) is 28.7 Å². The highest BCUT2D eigenvalue weighted by molar-refractivity contribution is 9.10. The van der Waals surface area contributed by atoms with Gasteiger partial charge in [-0.25, -0.2) is 0 Å². The van der Waals surface area contributed by atoms with Gasteiger partial charge in [-0.05, 0) is 64.0 Å². The molecule has 1 aliphatic carbocycles. The lowest BCUT2D eigenvalue weighted by Gasteiger charge is -2.44. The molecule has 0 aromatic heterocycles. The van der Waals surface area contributed by atoms with Crippen LogP contribution in [0.5, 0.6) is 0 Å². The van der Waals surface area contributed by atoms with E-state index >= 15 is 0 Å². The van der Waals surface area contributed by atoms with Crippen LogP contribution in [0.4, 0.5) is 0 Å². The summed E-state index contributed by atoms with van der Waals surface area (Å²) in [4.78, 5) is 2.48. The van der Waals surface area contributed by atoms with Gasteiger partial charge in [0.25, 0.3) is 0 Å². The van der Waals surface area contributed by atoms with E-state index in [0.717, 1.165) is 17.4 Å². The van der Waals surface area contributed by atoms with Crippen molar-refractivity contribution in [1.29, 1.82) is 0 Å². The quantitative estimate of drug-likeness (QED) is 0.789. The molecule has 1 fully saturated rings. The molecule has 1 saturated carbocycles.